The quantitative estimate of drug-likeness (QED) is 0.130. The molecule has 16 heteroatoms. The number of carbonyl (C=O) groups is 2. The largest absolute Gasteiger partial charge is 0.464 e. The number of esters is 2. The zero-order chi connectivity index (χ0) is 31.5. The summed E-state index contributed by atoms with van der Waals surface area (Å²) in [6, 6.07) is 3.32. The van der Waals surface area contributed by atoms with Crippen LogP contribution in [0.1, 0.15) is 60.3 Å². The molecular formula is C26H43N6O9P. The molecule has 42 heavy (non-hydrogen) atoms. The van der Waals surface area contributed by atoms with Crippen LogP contribution in [0.3, 0.4) is 0 Å². The summed E-state index contributed by atoms with van der Waals surface area (Å²) >= 11 is 0. The fourth-order valence-electron chi connectivity index (χ4n) is 3.97. The summed E-state index contributed by atoms with van der Waals surface area (Å²) in [5.74, 6) is -0.626. The van der Waals surface area contributed by atoms with Crippen molar-refractivity contribution in [3.63, 3.8) is 0 Å². The topological polar surface area (TPSA) is 209 Å². The molecule has 0 bridgehead atoms. The second kappa shape index (κ2) is 12.9. The van der Waals surface area contributed by atoms with Crippen LogP contribution < -0.4 is 15.9 Å². The van der Waals surface area contributed by atoms with Crippen molar-refractivity contribution in [3.8, 4) is 0 Å². The number of aliphatic hydroxyl groups excluding tert-OH is 2. The Morgan fingerprint density at radius 3 is 2.14 bits per heavy atom. The third-order valence-electron chi connectivity index (χ3n) is 6.53. The van der Waals surface area contributed by atoms with E-state index in [9.17, 15) is 24.4 Å². The third kappa shape index (κ3) is 8.04. The summed E-state index contributed by atoms with van der Waals surface area (Å²) in [6.07, 6.45) is -2.56. The molecule has 0 saturated carbocycles. The Bertz CT molecular complexity index is 1270. The molecule has 1 unspecified atom stereocenters. The number of carbonyl (C=O) groups excluding carboxylic acids is 2. The lowest BCUT2D eigenvalue weighted by atomic mass is 9.97. The average molecular weight is 615 g/mol. The molecule has 2 aromatic rings. The number of fused-ring (bicyclic) bond motifs is 1. The van der Waals surface area contributed by atoms with Crippen LogP contribution in [0.25, 0.3) is 5.52 Å². The number of nitrogen functional groups attached to an aromatic ring is 1. The molecule has 1 saturated heterocycles. The highest BCUT2D eigenvalue weighted by molar-refractivity contribution is 7.54. The minimum absolute atomic E-state index is 0.0312. The van der Waals surface area contributed by atoms with Crippen molar-refractivity contribution in [2.45, 2.75) is 72.4 Å². The number of hydrogen-bond donors (Lipinski definition) is 5. The minimum atomic E-state index is -3.89. The third-order valence-corrected chi connectivity index (χ3v) is 8.30. The second-order valence-electron chi connectivity index (χ2n) is 12.4. The fraction of sp³-hybridized carbons (Fsp3) is 0.692. The van der Waals surface area contributed by atoms with Gasteiger partial charge in [-0.15, -0.1) is 0 Å². The standard InChI is InChI=1S/C26H43N6O9P/c1-24(2,3)22(35)38-12-10-30-42(37,31-11-13-39-23(36)25(4,5)6)40-14-26(7)20(34)18(33)19(41-26)16-8-9-17-21(27)28-15-29-32(16)17/h8-9,15,18-20,33-34H,10-14H2,1-7H3,(H2,27,28,29)(H2,30,31,37)/t18-,19?,20-,26+/m0/s1. The summed E-state index contributed by atoms with van der Waals surface area (Å²) in [6.45, 7) is 11.1. The van der Waals surface area contributed by atoms with Crippen molar-refractivity contribution in [1.82, 2.24) is 24.8 Å². The first kappa shape index (κ1) is 33.8. The Kier molecular flexibility index (Phi) is 10.4. The predicted molar refractivity (Wildman–Crippen MR) is 152 cm³/mol. The molecule has 15 nitrogen and oxygen atoms in total. The van der Waals surface area contributed by atoms with E-state index in [2.05, 4.69) is 20.3 Å². The van der Waals surface area contributed by atoms with Gasteiger partial charge in [-0.2, -0.15) is 5.10 Å². The molecule has 0 aliphatic carbocycles. The smallest absolute Gasteiger partial charge is 0.341 e. The number of nitrogens with two attached hydrogens (primary N) is 1. The van der Waals surface area contributed by atoms with Crippen molar-refractivity contribution < 1.29 is 43.1 Å². The van der Waals surface area contributed by atoms with Gasteiger partial charge < -0.3 is 34.7 Å². The summed E-state index contributed by atoms with van der Waals surface area (Å²) in [5.41, 5.74) is 3.92. The number of aromatic nitrogens is 3. The SMILES string of the molecule is CC(C)(C)C(=O)OCCNP(=O)(NCCOC(=O)C(C)(C)C)OC[C@@]1(C)OC(c2ccc3c(N)ncnn23)[C@H](O)[C@@H]1O. The molecule has 236 valence electrons. The van der Waals surface area contributed by atoms with Crippen LogP contribution in [0, 0.1) is 10.8 Å². The van der Waals surface area contributed by atoms with E-state index in [1.807, 2.05) is 0 Å². The molecule has 1 aliphatic rings. The maximum absolute atomic E-state index is 13.7. The summed E-state index contributed by atoms with van der Waals surface area (Å²) in [5, 5.41) is 31.5. The molecule has 6 N–H and O–H groups in total. The highest BCUT2D eigenvalue weighted by Crippen LogP contribution is 2.44. The number of nitrogens with zero attached hydrogens (tertiary/aromatic N) is 3. The van der Waals surface area contributed by atoms with E-state index in [1.54, 1.807) is 53.7 Å². The number of aliphatic hydroxyl groups is 2. The van der Waals surface area contributed by atoms with Gasteiger partial charge in [0.15, 0.2) is 5.82 Å². The van der Waals surface area contributed by atoms with Gasteiger partial charge in [-0.3, -0.25) is 14.2 Å². The van der Waals surface area contributed by atoms with Crippen LogP contribution >= 0.6 is 7.67 Å². The molecule has 0 spiro atoms. The summed E-state index contributed by atoms with van der Waals surface area (Å²) in [7, 11) is -3.89. The van der Waals surface area contributed by atoms with Crippen LogP contribution in [0.4, 0.5) is 5.82 Å². The number of ether oxygens (including phenoxy) is 3. The van der Waals surface area contributed by atoms with E-state index >= 15 is 0 Å². The Labute approximate surface area is 245 Å². The Balaban J connectivity index is 1.69. The first-order chi connectivity index (χ1) is 19.4. The zero-order valence-corrected chi connectivity index (χ0v) is 26.0. The second-order valence-corrected chi connectivity index (χ2v) is 14.4. The predicted octanol–water partition coefficient (Wildman–Crippen LogP) is 1.35. The first-order valence-corrected chi connectivity index (χ1v) is 15.2. The number of hydrogen-bond acceptors (Lipinski definition) is 12. The van der Waals surface area contributed by atoms with E-state index in [0.717, 1.165) is 0 Å². The molecule has 1 aliphatic heterocycles. The van der Waals surface area contributed by atoms with E-state index < -0.39 is 61.0 Å². The van der Waals surface area contributed by atoms with Gasteiger partial charge in [0.2, 0.25) is 0 Å². The van der Waals surface area contributed by atoms with Gasteiger partial charge in [-0.05, 0) is 60.6 Å². The Morgan fingerprint density at radius 1 is 1.07 bits per heavy atom. The zero-order valence-electron chi connectivity index (χ0n) is 25.1. The molecule has 3 rings (SSSR count). The molecule has 4 atom stereocenters. The Hall–Kier alpha value is -2.65. The van der Waals surface area contributed by atoms with Crippen molar-refractivity contribution in [2.24, 2.45) is 10.8 Å². The van der Waals surface area contributed by atoms with Gasteiger partial charge in [-0.25, -0.2) is 19.7 Å². The van der Waals surface area contributed by atoms with E-state index in [1.165, 1.54) is 17.8 Å². The molecule has 0 amide bonds. The fourth-order valence-corrected chi connectivity index (χ4v) is 5.48. The Morgan fingerprint density at radius 2 is 1.62 bits per heavy atom. The van der Waals surface area contributed by atoms with Gasteiger partial charge in [0.25, 0.3) is 0 Å². The molecular weight excluding hydrogens is 571 g/mol. The van der Waals surface area contributed by atoms with Crippen LogP contribution in [0.2, 0.25) is 0 Å². The van der Waals surface area contributed by atoms with Crippen LogP contribution in [0.5, 0.6) is 0 Å². The first-order valence-electron chi connectivity index (χ1n) is 13.6. The van der Waals surface area contributed by atoms with Crippen molar-refractivity contribution in [1.29, 1.82) is 0 Å². The van der Waals surface area contributed by atoms with Crippen LogP contribution in [-0.2, 0) is 32.9 Å². The van der Waals surface area contributed by atoms with Gasteiger partial charge in [0.05, 0.1) is 23.1 Å². The highest BCUT2D eigenvalue weighted by Gasteiger charge is 2.53. The monoisotopic (exact) mass is 614 g/mol. The van der Waals surface area contributed by atoms with Crippen LogP contribution in [-0.4, -0.2) is 87.5 Å². The van der Waals surface area contributed by atoms with Crippen molar-refractivity contribution >= 4 is 30.9 Å². The van der Waals surface area contributed by atoms with Crippen molar-refractivity contribution in [3.05, 3.63) is 24.2 Å². The van der Waals surface area contributed by atoms with Gasteiger partial charge in [0, 0.05) is 13.1 Å². The minimum Gasteiger partial charge on any atom is -0.464 e. The average Bonchev–Trinajstić information content (AvgIpc) is 3.43. The van der Waals surface area contributed by atoms with Gasteiger partial charge in [-0.1, -0.05) is 0 Å². The maximum atomic E-state index is 13.7. The highest BCUT2D eigenvalue weighted by atomic mass is 31.2. The van der Waals surface area contributed by atoms with Gasteiger partial charge in [0.1, 0.15) is 49.0 Å². The molecule has 1 fully saturated rings. The maximum Gasteiger partial charge on any atom is 0.341 e. The van der Waals surface area contributed by atoms with E-state index in [4.69, 9.17) is 24.5 Å². The number of nitrogens with one attached hydrogen (secondary N) is 2. The lowest BCUT2D eigenvalue weighted by Gasteiger charge is -2.30. The van der Waals surface area contributed by atoms with Gasteiger partial charge >= 0.3 is 19.6 Å². The molecule has 0 radical (unpaired) electrons. The number of rotatable bonds is 12. The summed E-state index contributed by atoms with van der Waals surface area (Å²) in [4.78, 5) is 28.1. The van der Waals surface area contributed by atoms with E-state index in [-0.39, 0.29) is 32.1 Å². The van der Waals surface area contributed by atoms with Crippen LogP contribution in [0.15, 0.2) is 18.5 Å². The normalized spacial score (nSPS) is 23.3. The molecule has 2 aromatic heterocycles. The summed E-state index contributed by atoms with van der Waals surface area (Å²) < 4.78 is 37.5. The lowest BCUT2D eigenvalue weighted by Crippen LogP contribution is -2.45. The van der Waals surface area contributed by atoms with Crippen molar-refractivity contribution in [2.75, 3.05) is 38.6 Å². The lowest BCUT2D eigenvalue weighted by molar-refractivity contribution is -0.153. The number of anilines is 1. The molecule has 3 heterocycles. The van der Waals surface area contributed by atoms with E-state index in [0.29, 0.717) is 11.2 Å². The molecule has 0 aromatic carbocycles.